The van der Waals surface area contributed by atoms with Gasteiger partial charge in [-0.2, -0.15) is 13.2 Å². The molecule has 0 aromatic heterocycles. The third kappa shape index (κ3) is 7.82. The van der Waals surface area contributed by atoms with Crippen LogP contribution in [0, 0.1) is 10.5 Å². The van der Waals surface area contributed by atoms with Gasteiger partial charge >= 0.3 is 6.18 Å². The molecule has 0 atom stereocenters. The maximum Gasteiger partial charge on any atom is 0.416 e. The number of hydrogen-bond acceptors (Lipinski definition) is 6. The lowest BCUT2D eigenvalue weighted by Gasteiger charge is -2.15. The highest BCUT2D eigenvalue weighted by atomic mass is 127. The Morgan fingerprint density at radius 2 is 1.80 bits per heavy atom. The van der Waals surface area contributed by atoms with Crippen molar-refractivity contribution in [3.05, 3.63) is 91.4 Å². The Hall–Kier alpha value is -3.52. The summed E-state index contributed by atoms with van der Waals surface area (Å²) in [5.41, 5.74) is 1.68. The number of nitrogens with zero attached hydrogens (tertiary/aromatic N) is 1. The van der Waals surface area contributed by atoms with Gasteiger partial charge in [0, 0.05) is 5.69 Å². The molecular weight excluding hydrogens is 672 g/mol. The second-order valence-corrected chi connectivity index (χ2v) is 11.1. The number of ether oxygens (including phenoxy) is 2. The normalized spacial score (nSPS) is 14.5. The summed E-state index contributed by atoms with van der Waals surface area (Å²) in [6, 6.07) is 15.5. The van der Waals surface area contributed by atoms with Gasteiger partial charge in [0.05, 0.1) is 20.6 Å². The Morgan fingerprint density at radius 1 is 1.07 bits per heavy atom. The van der Waals surface area contributed by atoms with Crippen LogP contribution in [0.2, 0.25) is 0 Å². The zero-order valence-corrected chi connectivity index (χ0v) is 24.9. The van der Waals surface area contributed by atoms with E-state index in [9.17, 15) is 27.6 Å². The van der Waals surface area contributed by atoms with Crippen LogP contribution in [0.5, 0.6) is 11.5 Å². The number of aryl methyl sites for hydroxylation is 1. The highest BCUT2D eigenvalue weighted by molar-refractivity contribution is 14.1. The van der Waals surface area contributed by atoms with Crippen molar-refractivity contribution in [1.82, 2.24) is 4.90 Å². The molecule has 0 saturated carbocycles. The second kappa shape index (κ2) is 13.0. The first kappa shape index (κ1) is 30.4. The largest absolute Gasteiger partial charge is 0.490 e. The summed E-state index contributed by atoms with van der Waals surface area (Å²) in [4.78, 5) is 38.8. The number of carbonyl (C=O) groups excluding carboxylic acids is 3. The van der Waals surface area contributed by atoms with Crippen molar-refractivity contribution < 1.29 is 37.0 Å². The van der Waals surface area contributed by atoms with Crippen LogP contribution in [0.4, 0.5) is 23.7 Å². The Bertz CT molecular complexity index is 1510. The number of carbonyl (C=O) groups is 3. The van der Waals surface area contributed by atoms with E-state index in [4.69, 9.17) is 9.47 Å². The van der Waals surface area contributed by atoms with Crippen molar-refractivity contribution >= 4 is 63.2 Å². The summed E-state index contributed by atoms with van der Waals surface area (Å²) in [5.74, 6) is -0.481. The summed E-state index contributed by atoms with van der Waals surface area (Å²) in [6.07, 6.45) is -3.06. The van der Waals surface area contributed by atoms with Gasteiger partial charge in [-0.1, -0.05) is 35.9 Å². The number of thioether (sulfide) groups is 1. The molecule has 0 aliphatic carbocycles. The molecule has 1 N–H and O–H groups in total. The third-order valence-corrected chi connectivity index (χ3v) is 7.49. The van der Waals surface area contributed by atoms with E-state index in [1.165, 1.54) is 12.1 Å². The van der Waals surface area contributed by atoms with Gasteiger partial charge in [-0.15, -0.1) is 0 Å². The van der Waals surface area contributed by atoms with Gasteiger partial charge in [-0.05, 0) is 95.7 Å². The van der Waals surface area contributed by atoms with Gasteiger partial charge in [0.25, 0.3) is 11.1 Å². The molecule has 3 aromatic carbocycles. The van der Waals surface area contributed by atoms with Crippen molar-refractivity contribution in [2.45, 2.75) is 26.6 Å². The zero-order valence-electron chi connectivity index (χ0n) is 21.9. The van der Waals surface area contributed by atoms with Crippen LogP contribution < -0.4 is 14.8 Å². The van der Waals surface area contributed by atoms with E-state index in [2.05, 4.69) is 27.9 Å². The minimum absolute atomic E-state index is 0.0911. The van der Waals surface area contributed by atoms with Crippen molar-refractivity contribution in [3.8, 4) is 11.5 Å². The van der Waals surface area contributed by atoms with Crippen molar-refractivity contribution in [1.29, 1.82) is 0 Å². The lowest BCUT2D eigenvalue weighted by Crippen LogP contribution is -2.36. The summed E-state index contributed by atoms with van der Waals surface area (Å²) in [7, 11) is 0. The predicted molar refractivity (Wildman–Crippen MR) is 159 cm³/mol. The number of benzene rings is 3. The zero-order chi connectivity index (χ0) is 29.7. The van der Waals surface area contributed by atoms with Gasteiger partial charge < -0.3 is 14.8 Å². The van der Waals surface area contributed by atoms with E-state index >= 15 is 0 Å². The molecule has 0 radical (unpaired) electrons. The van der Waals surface area contributed by atoms with E-state index in [0.29, 0.717) is 42.0 Å². The van der Waals surface area contributed by atoms with Crippen LogP contribution in [0.3, 0.4) is 0 Å². The van der Waals surface area contributed by atoms with Crippen LogP contribution in [-0.2, 0) is 22.4 Å². The summed E-state index contributed by atoms with van der Waals surface area (Å²) in [5, 5.41) is 1.64. The fourth-order valence-corrected chi connectivity index (χ4v) is 5.44. The van der Waals surface area contributed by atoms with Crippen molar-refractivity contribution in [3.63, 3.8) is 0 Å². The molecule has 0 unspecified atom stereocenters. The molecule has 0 bridgehead atoms. The summed E-state index contributed by atoms with van der Waals surface area (Å²) >= 11 is 2.77. The van der Waals surface area contributed by atoms with Gasteiger partial charge in [0.15, 0.2) is 11.5 Å². The monoisotopic (exact) mass is 696 g/mol. The average molecular weight is 696 g/mol. The molecule has 4 rings (SSSR count). The first-order valence-electron chi connectivity index (χ1n) is 12.3. The Kier molecular flexibility index (Phi) is 9.64. The molecule has 1 saturated heterocycles. The van der Waals surface area contributed by atoms with Crippen LogP contribution in [0.25, 0.3) is 6.08 Å². The fraction of sp³-hybridized carbons (Fsp3) is 0.207. The lowest BCUT2D eigenvalue weighted by atomic mass is 10.1. The lowest BCUT2D eigenvalue weighted by molar-refractivity contribution is -0.137. The van der Waals surface area contributed by atoms with E-state index in [-0.39, 0.29) is 10.6 Å². The minimum Gasteiger partial charge on any atom is -0.490 e. The van der Waals surface area contributed by atoms with E-state index in [1.54, 1.807) is 12.1 Å². The summed E-state index contributed by atoms with van der Waals surface area (Å²) < 4.78 is 51.4. The molecule has 1 aliphatic rings. The number of anilines is 1. The maximum atomic E-state index is 13.0. The number of rotatable bonds is 9. The molecule has 0 spiro atoms. The summed E-state index contributed by atoms with van der Waals surface area (Å²) in [6.45, 7) is 3.89. The van der Waals surface area contributed by atoms with Crippen LogP contribution in [-0.4, -0.2) is 35.1 Å². The number of halogens is 4. The Labute approximate surface area is 252 Å². The molecule has 41 heavy (non-hydrogen) atoms. The topological polar surface area (TPSA) is 84.9 Å². The molecule has 1 aliphatic heterocycles. The molecule has 3 aromatic rings. The number of imide groups is 1. The first-order chi connectivity index (χ1) is 19.4. The molecular formula is C29H24F3IN2O5S. The smallest absolute Gasteiger partial charge is 0.416 e. The molecule has 3 amide bonds. The maximum absolute atomic E-state index is 13.0. The predicted octanol–water partition coefficient (Wildman–Crippen LogP) is 7.27. The van der Waals surface area contributed by atoms with Crippen LogP contribution in [0.15, 0.2) is 65.6 Å². The Balaban J connectivity index is 1.47. The van der Waals surface area contributed by atoms with Gasteiger partial charge in [0.2, 0.25) is 5.91 Å². The molecule has 214 valence electrons. The molecule has 12 heteroatoms. The van der Waals surface area contributed by atoms with Gasteiger partial charge in [0.1, 0.15) is 13.2 Å². The van der Waals surface area contributed by atoms with Crippen molar-refractivity contribution in [2.24, 2.45) is 0 Å². The standard InChI is InChI=1S/C29H24F3IN2O5S/c1-3-39-23-12-19(11-22(33)26(23)40-16-18-9-7-17(2)8-10-18)13-24-27(37)35(28(38)41-24)15-25(36)34-21-6-4-5-20(14-21)29(30,31)32/h4-14H,3,15-16H2,1-2H3,(H,34,36)/b24-13-. The average Bonchev–Trinajstić information content (AvgIpc) is 3.16. The SMILES string of the molecule is CCOc1cc(/C=C2\SC(=O)N(CC(=O)Nc3cccc(C(F)(F)F)c3)C2=O)cc(I)c1OCc1ccc(C)cc1. The van der Waals surface area contributed by atoms with Gasteiger partial charge in [-0.3, -0.25) is 19.3 Å². The molecule has 1 fully saturated rings. The second-order valence-electron chi connectivity index (χ2n) is 8.93. The molecule has 7 nitrogen and oxygen atoms in total. The number of amides is 3. The molecule has 1 heterocycles. The van der Waals surface area contributed by atoms with E-state index in [0.717, 1.165) is 37.8 Å². The van der Waals surface area contributed by atoms with Crippen LogP contribution in [0.1, 0.15) is 29.2 Å². The Morgan fingerprint density at radius 3 is 2.49 bits per heavy atom. The first-order valence-corrected chi connectivity index (χ1v) is 14.2. The minimum atomic E-state index is -4.58. The highest BCUT2D eigenvalue weighted by Gasteiger charge is 2.36. The van der Waals surface area contributed by atoms with Gasteiger partial charge in [-0.25, -0.2) is 0 Å². The quantitative estimate of drug-likeness (QED) is 0.187. The fourth-order valence-electron chi connectivity index (χ4n) is 3.82. The van der Waals surface area contributed by atoms with Crippen LogP contribution >= 0.6 is 34.4 Å². The third-order valence-electron chi connectivity index (χ3n) is 5.78. The highest BCUT2D eigenvalue weighted by Crippen LogP contribution is 2.38. The van der Waals surface area contributed by atoms with E-state index in [1.807, 2.05) is 38.1 Å². The number of alkyl halides is 3. The van der Waals surface area contributed by atoms with E-state index < -0.39 is 35.3 Å². The number of nitrogens with one attached hydrogen (secondary N) is 1. The number of hydrogen-bond donors (Lipinski definition) is 1. The van der Waals surface area contributed by atoms with Crippen molar-refractivity contribution in [2.75, 3.05) is 18.5 Å².